The second-order valence-corrected chi connectivity index (χ2v) is 10.2. The topological polar surface area (TPSA) is 166 Å². The first kappa shape index (κ1) is 28.8. The Labute approximate surface area is 263 Å². The van der Waals surface area contributed by atoms with Gasteiger partial charge in [-0.3, -0.25) is 0 Å². The molecule has 2 heterocycles. The van der Waals surface area contributed by atoms with Crippen molar-refractivity contribution < 1.29 is 57.2 Å². The number of benzene rings is 5. The molecule has 0 spiro atoms. The molecule has 0 bridgehead atoms. The molecule has 12 heteroatoms. The third-order valence-corrected chi connectivity index (χ3v) is 7.26. The highest BCUT2D eigenvalue weighted by atomic mass is 16.6. The van der Waals surface area contributed by atoms with E-state index in [9.17, 15) is 33.6 Å². The minimum atomic E-state index is -0.841. The van der Waals surface area contributed by atoms with Gasteiger partial charge in [0.1, 0.15) is 17.2 Å². The number of carbonyl (C=O) groups is 7. The highest BCUT2D eigenvalue weighted by Crippen LogP contribution is 2.27. The molecule has 0 saturated carbocycles. The molecule has 7 rings (SSSR count). The van der Waals surface area contributed by atoms with Gasteiger partial charge in [-0.15, -0.1) is 0 Å². The summed E-state index contributed by atoms with van der Waals surface area (Å²) in [5.41, 5.74) is 0.455. The van der Waals surface area contributed by atoms with Crippen LogP contribution in [0.3, 0.4) is 0 Å². The molecule has 12 nitrogen and oxygen atoms in total. The number of hydrogen-bond acceptors (Lipinski definition) is 12. The number of hydrogen-bond donors (Lipinski definition) is 0. The van der Waals surface area contributed by atoms with E-state index in [0.717, 1.165) is 0 Å². The SMILES string of the molecule is O=C(Oc1ccc(OC(=O)c2ccc3cc(OC(=O)c4ccc5c(c4)C(=O)OC5=O)ccc3c2)cc1)c1ccc2c(c1)C(=O)OC2=O. The summed E-state index contributed by atoms with van der Waals surface area (Å²) in [5.74, 6) is -4.86. The fourth-order valence-electron chi connectivity index (χ4n) is 4.91. The third-order valence-electron chi connectivity index (χ3n) is 7.26. The first-order chi connectivity index (χ1) is 22.6. The molecule has 0 atom stereocenters. The second kappa shape index (κ2) is 11.2. The molecule has 5 aromatic rings. The molecule has 0 N–H and O–H groups in total. The minimum Gasteiger partial charge on any atom is -0.423 e. The van der Waals surface area contributed by atoms with Gasteiger partial charge in [0, 0.05) is 0 Å². The van der Waals surface area contributed by atoms with Gasteiger partial charge in [-0.05, 0) is 95.7 Å². The van der Waals surface area contributed by atoms with Gasteiger partial charge >= 0.3 is 41.8 Å². The number of ether oxygens (including phenoxy) is 5. The lowest BCUT2D eigenvalue weighted by Crippen LogP contribution is -2.10. The van der Waals surface area contributed by atoms with Crippen LogP contribution in [-0.2, 0) is 9.47 Å². The van der Waals surface area contributed by atoms with Crippen LogP contribution in [0.4, 0.5) is 0 Å². The molecule has 5 aromatic carbocycles. The average molecular weight is 629 g/mol. The van der Waals surface area contributed by atoms with Crippen LogP contribution in [-0.4, -0.2) is 41.8 Å². The monoisotopic (exact) mass is 628 g/mol. The number of carbonyl (C=O) groups excluding carboxylic acids is 7. The van der Waals surface area contributed by atoms with Crippen molar-refractivity contribution in [1.29, 1.82) is 0 Å². The summed E-state index contributed by atoms with van der Waals surface area (Å²) < 4.78 is 25.3. The number of rotatable bonds is 6. The molecule has 0 radical (unpaired) electrons. The summed E-state index contributed by atoms with van der Waals surface area (Å²) >= 11 is 0. The predicted molar refractivity (Wildman–Crippen MR) is 158 cm³/mol. The van der Waals surface area contributed by atoms with Gasteiger partial charge in [0.2, 0.25) is 0 Å². The van der Waals surface area contributed by atoms with Crippen molar-refractivity contribution in [3.05, 3.63) is 136 Å². The highest BCUT2D eigenvalue weighted by Gasteiger charge is 2.31. The Hall–Kier alpha value is -6.95. The molecule has 0 fully saturated rings. The minimum absolute atomic E-state index is 0.0106. The molecule has 0 unspecified atom stereocenters. The van der Waals surface area contributed by atoms with Crippen LogP contribution in [0.1, 0.15) is 72.5 Å². The smallest absolute Gasteiger partial charge is 0.346 e. The number of fused-ring (bicyclic) bond motifs is 3. The predicted octanol–water partition coefficient (Wildman–Crippen LogP) is 5.12. The Morgan fingerprint density at radius 2 is 0.745 bits per heavy atom. The quantitative estimate of drug-likeness (QED) is 0.139. The van der Waals surface area contributed by atoms with E-state index < -0.39 is 41.8 Å². The fraction of sp³-hybridized carbons (Fsp3) is 0. The number of cyclic esters (lactones) is 4. The zero-order valence-corrected chi connectivity index (χ0v) is 23.6. The van der Waals surface area contributed by atoms with E-state index >= 15 is 0 Å². The van der Waals surface area contributed by atoms with Crippen LogP contribution < -0.4 is 14.2 Å². The third kappa shape index (κ3) is 5.46. The first-order valence-electron chi connectivity index (χ1n) is 13.7. The zero-order chi connectivity index (χ0) is 32.8. The van der Waals surface area contributed by atoms with E-state index in [-0.39, 0.29) is 56.2 Å². The van der Waals surface area contributed by atoms with Crippen molar-refractivity contribution in [2.75, 3.05) is 0 Å². The molecule has 2 aliphatic rings. The van der Waals surface area contributed by atoms with Crippen LogP contribution in [0, 0.1) is 0 Å². The van der Waals surface area contributed by atoms with Gasteiger partial charge in [-0.1, -0.05) is 12.1 Å². The lowest BCUT2D eigenvalue weighted by Gasteiger charge is -2.09. The Kier molecular flexibility index (Phi) is 6.86. The molecule has 0 aromatic heterocycles. The van der Waals surface area contributed by atoms with E-state index in [4.69, 9.17) is 14.2 Å². The van der Waals surface area contributed by atoms with Gasteiger partial charge in [0.25, 0.3) is 0 Å². The fourth-order valence-corrected chi connectivity index (χ4v) is 4.91. The lowest BCUT2D eigenvalue weighted by molar-refractivity contribution is 0.0425. The molecule has 0 aliphatic carbocycles. The van der Waals surface area contributed by atoms with Crippen molar-refractivity contribution in [3.63, 3.8) is 0 Å². The van der Waals surface area contributed by atoms with Crippen molar-refractivity contribution in [2.45, 2.75) is 0 Å². The summed E-state index contributed by atoms with van der Waals surface area (Å²) in [6, 6.07) is 23.1. The van der Waals surface area contributed by atoms with E-state index in [0.29, 0.717) is 10.8 Å². The summed E-state index contributed by atoms with van der Waals surface area (Å²) in [6.45, 7) is 0. The highest BCUT2D eigenvalue weighted by molar-refractivity contribution is 6.16. The molecule has 2 aliphatic heterocycles. The van der Waals surface area contributed by atoms with Crippen molar-refractivity contribution in [1.82, 2.24) is 0 Å². The molecule has 0 amide bonds. The van der Waals surface area contributed by atoms with Gasteiger partial charge in [-0.2, -0.15) is 0 Å². The normalized spacial score (nSPS) is 13.0. The van der Waals surface area contributed by atoms with E-state index in [1.165, 1.54) is 72.8 Å². The van der Waals surface area contributed by atoms with Crippen molar-refractivity contribution in [2.24, 2.45) is 0 Å². The van der Waals surface area contributed by atoms with Crippen LogP contribution in [0.25, 0.3) is 10.8 Å². The first-order valence-corrected chi connectivity index (χ1v) is 13.7. The van der Waals surface area contributed by atoms with E-state index in [1.54, 1.807) is 24.3 Å². The molecular formula is C35H16O12. The van der Waals surface area contributed by atoms with Crippen molar-refractivity contribution in [3.8, 4) is 17.2 Å². The summed E-state index contributed by atoms with van der Waals surface area (Å²) in [4.78, 5) is 84.9. The van der Waals surface area contributed by atoms with E-state index in [1.807, 2.05) is 0 Å². The van der Waals surface area contributed by atoms with Gasteiger partial charge in [0.15, 0.2) is 0 Å². The standard InChI is InChI=1S/C35H16O12/c36-29(43-22-7-9-23(10-8-22)44-30(37)20-4-11-25-27(15-20)34(41)46-32(25)39)19-2-1-18-14-24(6-3-17(18)13-19)45-31(38)21-5-12-26-28(16-21)35(42)47-33(26)40/h1-16H. The Bertz CT molecular complexity index is 2250. The van der Waals surface area contributed by atoms with Gasteiger partial charge in [-0.25, -0.2) is 33.6 Å². The van der Waals surface area contributed by atoms with Gasteiger partial charge < -0.3 is 23.7 Å². The lowest BCUT2D eigenvalue weighted by atomic mass is 10.1. The summed E-state index contributed by atoms with van der Waals surface area (Å²) in [5, 5.41) is 1.32. The maximum absolute atomic E-state index is 12.8. The van der Waals surface area contributed by atoms with Gasteiger partial charge in [0.05, 0.1) is 38.9 Å². The second-order valence-electron chi connectivity index (χ2n) is 10.2. The van der Waals surface area contributed by atoms with E-state index in [2.05, 4.69) is 9.47 Å². The molecular weight excluding hydrogens is 612 g/mol. The molecule has 47 heavy (non-hydrogen) atoms. The molecule has 228 valence electrons. The Morgan fingerprint density at radius 1 is 0.383 bits per heavy atom. The summed E-state index contributed by atoms with van der Waals surface area (Å²) in [6.07, 6.45) is 0. The van der Waals surface area contributed by atoms with Crippen LogP contribution >= 0.6 is 0 Å². The average Bonchev–Trinajstić information content (AvgIpc) is 3.53. The molecule has 0 saturated heterocycles. The zero-order valence-electron chi connectivity index (χ0n) is 23.6. The largest absolute Gasteiger partial charge is 0.423 e. The van der Waals surface area contributed by atoms with Crippen molar-refractivity contribution >= 4 is 52.6 Å². The van der Waals surface area contributed by atoms with Crippen LogP contribution in [0.5, 0.6) is 17.2 Å². The Morgan fingerprint density at radius 3 is 1.26 bits per heavy atom. The Balaban J connectivity index is 0.983. The summed E-state index contributed by atoms with van der Waals surface area (Å²) in [7, 11) is 0. The maximum Gasteiger partial charge on any atom is 0.346 e. The van der Waals surface area contributed by atoms with Crippen LogP contribution in [0.2, 0.25) is 0 Å². The maximum atomic E-state index is 12.8. The number of esters is 7. The van der Waals surface area contributed by atoms with Crippen LogP contribution in [0.15, 0.2) is 97.1 Å².